The predicted molar refractivity (Wildman–Crippen MR) is 106 cm³/mol. The van der Waals surface area contributed by atoms with Gasteiger partial charge in [0.05, 0.1) is 8.07 Å². The van der Waals surface area contributed by atoms with Crippen LogP contribution in [0.4, 0.5) is 0 Å². The molecule has 0 radical (unpaired) electrons. The summed E-state index contributed by atoms with van der Waals surface area (Å²) < 4.78 is 0. The van der Waals surface area contributed by atoms with E-state index in [-0.39, 0.29) is 7.92 Å². The van der Waals surface area contributed by atoms with E-state index < -0.39 is 8.07 Å². The van der Waals surface area contributed by atoms with Crippen LogP contribution in [-0.2, 0) is 0 Å². The highest BCUT2D eigenvalue weighted by Crippen LogP contribution is 2.38. The van der Waals surface area contributed by atoms with Crippen molar-refractivity contribution in [3.05, 3.63) is 60.7 Å². The maximum Gasteiger partial charge on any atom is 0.0531 e. The molecule has 0 aliphatic carbocycles. The summed E-state index contributed by atoms with van der Waals surface area (Å²) in [6, 6.07) is 28.1. The average molecular weight is 329 g/mol. The summed E-state index contributed by atoms with van der Waals surface area (Å²) in [4.78, 5) is 0. The molecule has 0 aliphatic heterocycles. The molecule has 22 heavy (non-hydrogen) atoms. The van der Waals surface area contributed by atoms with Crippen molar-refractivity contribution in [2.45, 2.75) is 44.9 Å². The minimum atomic E-state index is -1.03. The van der Waals surface area contributed by atoms with Crippen LogP contribution in [0.15, 0.2) is 60.7 Å². The zero-order valence-electron chi connectivity index (χ0n) is 14.3. The molecule has 0 saturated heterocycles. The highest BCUT2D eigenvalue weighted by molar-refractivity contribution is 7.73. The summed E-state index contributed by atoms with van der Waals surface area (Å²) in [5.74, 6) is 0. The summed E-state index contributed by atoms with van der Waals surface area (Å²) in [6.07, 6.45) is 1.37. The fraction of sp³-hybridized carbons (Fsp3) is 0.400. The molecular weight excluding hydrogens is 299 g/mol. The van der Waals surface area contributed by atoms with Crippen molar-refractivity contribution < 1.29 is 0 Å². The van der Waals surface area contributed by atoms with E-state index in [0.717, 1.165) is 0 Å². The summed E-state index contributed by atoms with van der Waals surface area (Å²) in [6.45, 7) is 7.27. The second-order valence-corrected chi connectivity index (χ2v) is 14.1. The van der Waals surface area contributed by atoms with Crippen molar-refractivity contribution in [1.82, 2.24) is 0 Å². The van der Waals surface area contributed by atoms with Crippen molar-refractivity contribution in [3.63, 3.8) is 0 Å². The normalized spacial score (nSPS) is 11.8. The molecule has 0 atom stereocenters. The molecule has 0 spiro atoms. The first-order valence-electron chi connectivity index (χ1n) is 8.62. The molecule has 2 rings (SSSR count). The monoisotopic (exact) mass is 328 g/mol. The lowest BCUT2D eigenvalue weighted by Crippen LogP contribution is -2.33. The maximum atomic E-state index is 2.42. The molecule has 0 aliphatic rings. The molecule has 0 nitrogen and oxygen atoms in total. The third-order valence-corrected chi connectivity index (χ3v) is 14.0. The van der Waals surface area contributed by atoms with Gasteiger partial charge in [0.15, 0.2) is 0 Å². The Labute approximate surface area is 138 Å². The fourth-order valence-corrected chi connectivity index (χ4v) is 10.5. The molecule has 2 heteroatoms. The number of rotatable bonds is 8. The fourth-order valence-electron chi connectivity index (χ4n) is 3.25. The lowest BCUT2D eigenvalue weighted by atomic mass is 10.4. The molecular formula is C20H29PSi. The summed E-state index contributed by atoms with van der Waals surface area (Å²) >= 11 is 0. The Hall–Kier alpha value is -0.913. The molecule has 0 bridgehead atoms. The van der Waals surface area contributed by atoms with Gasteiger partial charge in [0.1, 0.15) is 0 Å². The van der Waals surface area contributed by atoms with Gasteiger partial charge in [-0.2, -0.15) is 0 Å². The highest BCUT2D eigenvalue weighted by Gasteiger charge is 2.28. The standard InChI is InChI=1S/C20H29PSi/c1-4-22(5-2,6-3)18-17-21(19-13-9-7-10-14-19)20-15-11-8-12-16-20/h7-16H,4-6,17-18H2,1-3H3. The van der Waals surface area contributed by atoms with Gasteiger partial charge in [-0.15, -0.1) is 0 Å². The lowest BCUT2D eigenvalue weighted by molar-refractivity contribution is 1.12. The first kappa shape index (κ1) is 17.4. The number of hydrogen-bond donors (Lipinski definition) is 0. The Morgan fingerprint density at radius 1 is 0.682 bits per heavy atom. The van der Waals surface area contributed by atoms with Gasteiger partial charge in [-0.25, -0.2) is 0 Å². The number of benzene rings is 2. The van der Waals surface area contributed by atoms with Crippen molar-refractivity contribution in [2.75, 3.05) is 6.16 Å². The molecule has 0 amide bonds. The smallest absolute Gasteiger partial charge is 0.0531 e. The molecule has 118 valence electrons. The van der Waals surface area contributed by atoms with Crippen LogP contribution in [-0.4, -0.2) is 14.2 Å². The van der Waals surface area contributed by atoms with Crippen LogP contribution in [0.25, 0.3) is 0 Å². The zero-order chi connectivity index (χ0) is 15.8. The molecule has 0 unspecified atom stereocenters. The largest absolute Gasteiger partial charge is 0.0678 e. The van der Waals surface area contributed by atoms with Crippen molar-refractivity contribution >= 4 is 26.6 Å². The summed E-state index contributed by atoms with van der Waals surface area (Å²) in [5, 5.41) is 3.07. The van der Waals surface area contributed by atoms with Crippen LogP contribution in [0, 0.1) is 0 Å². The van der Waals surface area contributed by atoms with Crippen LogP contribution >= 0.6 is 7.92 Å². The van der Waals surface area contributed by atoms with Crippen molar-refractivity contribution in [1.29, 1.82) is 0 Å². The van der Waals surface area contributed by atoms with Gasteiger partial charge >= 0.3 is 0 Å². The SMILES string of the molecule is CC[Si](CC)(CC)CCP(c1ccccc1)c1ccccc1. The average Bonchev–Trinajstić information content (AvgIpc) is 2.61. The zero-order valence-corrected chi connectivity index (χ0v) is 16.2. The molecule has 0 fully saturated rings. The molecule has 0 aromatic heterocycles. The van der Waals surface area contributed by atoms with Gasteiger partial charge in [-0.1, -0.05) is 106 Å². The van der Waals surface area contributed by atoms with Gasteiger partial charge < -0.3 is 0 Å². The Bertz CT molecular complexity index is 486. The minimum Gasteiger partial charge on any atom is -0.0678 e. The molecule has 0 heterocycles. The van der Waals surface area contributed by atoms with Crippen LogP contribution < -0.4 is 10.6 Å². The van der Waals surface area contributed by atoms with E-state index in [1.165, 1.54) is 40.9 Å². The van der Waals surface area contributed by atoms with Gasteiger partial charge in [0, 0.05) is 0 Å². The van der Waals surface area contributed by atoms with Crippen LogP contribution in [0.3, 0.4) is 0 Å². The Balaban J connectivity index is 2.23. The quantitative estimate of drug-likeness (QED) is 0.435. The minimum absolute atomic E-state index is 0.198. The molecule has 0 saturated carbocycles. The Morgan fingerprint density at radius 3 is 1.45 bits per heavy atom. The second kappa shape index (κ2) is 8.65. The van der Waals surface area contributed by atoms with E-state index in [1.54, 1.807) is 0 Å². The first-order chi connectivity index (χ1) is 10.7. The van der Waals surface area contributed by atoms with Crippen molar-refractivity contribution in [3.8, 4) is 0 Å². The Morgan fingerprint density at radius 2 is 1.09 bits per heavy atom. The van der Waals surface area contributed by atoms with E-state index in [0.29, 0.717) is 0 Å². The number of hydrogen-bond acceptors (Lipinski definition) is 0. The first-order valence-corrected chi connectivity index (χ1v) is 13.0. The summed E-state index contributed by atoms with van der Waals surface area (Å²) in [7, 11) is -1.23. The van der Waals surface area contributed by atoms with E-state index in [2.05, 4.69) is 81.4 Å². The van der Waals surface area contributed by atoms with Crippen LogP contribution in [0.2, 0.25) is 24.2 Å². The second-order valence-electron chi connectivity index (χ2n) is 6.13. The van der Waals surface area contributed by atoms with E-state index >= 15 is 0 Å². The molecule has 2 aromatic rings. The third kappa shape index (κ3) is 4.30. The van der Waals surface area contributed by atoms with Gasteiger partial charge in [0.2, 0.25) is 0 Å². The van der Waals surface area contributed by atoms with Crippen molar-refractivity contribution in [2.24, 2.45) is 0 Å². The van der Waals surface area contributed by atoms with Gasteiger partial charge in [0.25, 0.3) is 0 Å². The Kier molecular flexibility index (Phi) is 6.86. The lowest BCUT2D eigenvalue weighted by Gasteiger charge is -2.30. The molecule has 0 N–H and O–H groups in total. The van der Waals surface area contributed by atoms with E-state index in [1.807, 2.05) is 0 Å². The van der Waals surface area contributed by atoms with Gasteiger partial charge in [-0.05, 0) is 24.7 Å². The maximum absolute atomic E-state index is 2.42. The highest BCUT2D eigenvalue weighted by atomic mass is 31.1. The van der Waals surface area contributed by atoms with Crippen LogP contribution in [0.1, 0.15) is 20.8 Å². The topological polar surface area (TPSA) is 0 Å². The third-order valence-electron chi connectivity index (χ3n) is 5.25. The predicted octanol–water partition coefficient (Wildman–Crippen LogP) is 5.63. The van der Waals surface area contributed by atoms with E-state index in [4.69, 9.17) is 0 Å². The van der Waals surface area contributed by atoms with Gasteiger partial charge in [-0.3, -0.25) is 0 Å². The summed E-state index contributed by atoms with van der Waals surface area (Å²) in [5.41, 5.74) is 0. The molecule has 2 aromatic carbocycles. The van der Waals surface area contributed by atoms with E-state index in [9.17, 15) is 0 Å². The van der Waals surface area contributed by atoms with Crippen LogP contribution in [0.5, 0.6) is 0 Å².